The predicted octanol–water partition coefficient (Wildman–Crippen LogP) is 6.34. The Morgan fingerprint density at radius 1 is 1.05 bits per heavy atom. The average molecular weight is 539 g/mol. The summed E-state index contributed by atoms with van der Waals surface area (Å²) >= 11 is 0. The topological polar surface area (TPSA) is 101 Å². The van der Waals surface area contributed by atoms with Crippen LogP contribution in [-0.4, -0.2) is 39.1 Å². The molecule has 1 amide bonds. The van der Waals surface area contributed by atoms with Crippen LogP contribution >= 0.6 is 0 Å². The lowest BCUT2D eigenvalue weighted by Gasteiger charge is -2.35. The zero-order chi connectivity index (χ0) is 28.2. The number of amides is 1. The standard InChI is InChI=1S/C33H38N4O3/c1-3-9-31-35-32-22(2)18-26(36(21-30(34)38)25-10-5-4-6-11-25)19-29(32)37(31)20-23-14-16-24(17-15-23)27-12-7-8-13-28(27)33(39)40/h7-8,12-19,25H,3-6,9-11,20-21H2,1-2H3,(H2,34,38)(H,39,40). The highest BCUT2D eigenvalue weighted by Crippen LogP contribution is 2.33. The van der Waals surface area contributed by atoms with Gasteiger partial charge in [0, 0.05) is 24.7 Å². The van der Waals surface area contributed by atoms with E-state index in [1.165, 1.54) is 19.3 Å². The molecule has 0 bridgehead atoms. The van der Waals surface area contributed by atoms with Crippen molar-refractivity contribution >= 4 is 28.6 Å². The van der Waals surface area contributed by atoms with E-state index in [2.05, 4.69) is 47.6 Å². The molecule has 0 saturated heterocycles. The monoisotopic (exact) mass is 538 g/mol. The highest BCUT2D eigenvalue weighted by Gasteiger charge is 2.25. The Hall–Kier alpha value is -4.13. The van der Waals surface area contributed by atoms with Crippen LogP contribution in [-0.2, 0) is 17.8 Å². The van der Waals surface area contributed by atoms with Gasteiger partial charge in [0.05, 0.1) is 23.1 Å². The van der Waals surface area contributed by atoms with Crippen molar-refractivity contribution in [3.8, 4) is 11.1 Å². The number of hydrogen-bond acceptors (Lipinski definition) is 4. The highest BCUT2D eigenvalue weighted by atomic mass is 16.4. The average Bonchev–Trinajstić information content (AvgIpc) is 3.30. The molecule has 40 heavy (non-hydrogen) atoms. The lowest BCUT2D eigenvalue weighted by atomic mass is 9.93. The predicted molar refractivity (Wildman–Crippen MR) is 160 cm³/mol. The van der Waals surface area contributed by atoms with Gasteiger partial charge in [-0.2, -0.15) is 0 Å². The summed E-state index contributed by atoms with van der Waals surface area (Å²) in [6.45, 7) is 5.12. The molecule has 0 aliphatic heterocycles. The molecule has 5 rings (SSSR count). The molecule has 208 valence electrons. The molecule has 1 aromatic heterocycles. The van der Waals surface area contributed by atoms with Crippen LogP contribution in [0.25, 0.3) is 22.2 Å². The lowest BCUT2D eigenvalue weighted by Crippen LogP contribution is -2.42. The molecule has 0 radical (unpaired) electrons. The summed E-state index contributed by atoms with van der Waals surface area (Å²) in [5, 5.41) is 9.61. The van der Waals surface area contributed by atoms with Crippen LogP contribution in [0.15, 0.2) is 60.7 Å². The van der Waals surface area contributed by atoms with Gasteiger partial charge in [-0.25, -0.2) is 9.78 Å². The number of aromatic carboxylic acids is 1. The molecule has 1 heterocycles. The molecule has 7 nitrogen and oxygen atoms in total. The van der Waals surface area contributed by atoms with E-state index < -0.39 is 5.97 Å². The Morgan fingerprint density at radius 2 is 1.77 bits per heavy atom. The summed E-state index contributed by atoms with van der Waals surface area (Å²) in [6, 6.07) is 19.8. The van der Waals surface area contributed by atoms with E-state index >= 15 is 0 Å². The van der Waals surface area contributed by atoms with Crippen LogP contribution in [0, 0.1) is 6.92 Å². The Bertz CT molecular complexity index is 1520. The van der Waals surface area contributed by atoms with Gasteiger partial charge < -0.3 is 20.3 Å². The van der Waals surface area contributed by atoms with Crippen molar-refractivity contribution in [1.82, 2.24) is 9.55 Å². The third-order valence-corrected chi connectivity index (χ3v) is 8.02. The van der Waals surface area contributed by atoms with Crippen molar-refractivity contribution in [1.29, 1.82) is 0 Å². The number of carboxylic acids is 1. The first-order chi connectivity index (χ1) is 19.4. The van der Waals surface area contributed by atoms with Crippen molar-refractivity contribution in [2.24, 2.45) is 5.73 Å². The maximum absolute atomic E-state index is 12.1. The van der Waals surface area contributed by atoms with Crippen LogP contribution in [0.3, 0.4) is 0 Å². The molecular weight excluding hydrogens is 500 g/mol. The Morgan fingerprint density at radius 3 is 2.45 bits per heavy atom. The zero-order valence-electron chi connectivity index (χ0n) is 23.4. The van der Waals surface area contributed by atoms with Crippen molar-refractivity contribution in [3.05, 3.63) is 83.2 Å². The summed E-state index contributed by atoms with van der Waals surface area (Å²) < 4.78 is 2.29. The van der Waals surface area contributed by atoms with E-state index in [0.29, 0.717) is 23.7 Å². The Labute approximate surface area is 235 Å². The number of benzene rings is 3. The van der Waals surface area contributed by atoms with E-state index in [1.54, 1.807) is 12.1 Å². The maximum atomic E-state index is 12.1. The minimum absolute atomic E-state index is 0.213. The van der Waals surface area contributed by atoms with Crippen LogP contribution in [0.1, 0.15) is 72.8 Å². The third-order valence-electron chi connectivity index (χ3n) is 8.02. The fourth-order valence-corrected chi connectivity index (χ4v) is 6.06. The van der Waals surface area contributed by atoms with E-state index in [0.717, 1.165) is 64.9 Å². The molecule has 0 atom stereocenters. The zero-order valence-corrected chi connectivity index (χ0v) is 23.4. The van der Waals surface area contributed by atoms with Crippen molar-refractivity contribution < 1.29 is 14.7 Å². The largest absolute Gasteiger partial charge is 0.478 e. The minimum Gasteiger partial charge on any atom is -0.478 e. The number of aromatic nitrogens is 2. The van der Waals surface area contributed by atoms with Gasteiger partial charge in [0.25, 0.3) is 0 Å². The van der Waals surface area contributed by atoms with Crippen LogP contribution in [0.2, 0.25) is 0 Å². The third kappa shape index (κ3) is 5.74. The fraction of sp³-hybridized carbons (Fsp3) is 0.364. The van der Waals surface area contributed by atoms with Gasteiger partial charge in [0.2, 0.25) is 5.91 Å². The molecule has 1 fully saturated rings. The smallest absolute Gasteiger partial charge is 0.336 e. The van der Waals surface area contributed by atoms with Gasteiger partial charge in [-0.3, -0.25) is 4.79 Å². The first-order valence-corrected chi connectivity index (χ1v) is 14.3. The second-order valence-electron chi connectivity index (χ2n) is 10.9. The van der Waals surface area contributed by atoms with Gasteiger partial charge in [0.1, 0.15) is 5.82 Å². The molecule has 1 aliphatic rings. The molecule has 1 aliphatic carbocycles. The number of rotatable bonds is 10. The molecule has 7 heteroatoms. The molecule has 3 aromatic carbocycles. The normalized spacial score (nSPS) is 13.9. The number of primary amides is 1. The number of hydrogen-bond donors (Lipinski definition) is 2. The number of nitrogens with two attached hydrogens (primary N) is 1. The number of imidazole rings is 1. The lowest BCUT2D eigenvalue weighted by molar-refractivity contribution is -0.116. The quantitative estimate of drug-likeness (QED) is 0.245. The number of carbonyl (C=O) groups excluding carboxylic acids is 1. The minimum atomic E-state index is -0.932. The number of carbonyl (C=O) groups is 2. The van der Waals surface area contributed by atoms with Gasteiger partial charge in [-0.1, -0.05) is 68.7 Å². The van der Waals surface area contributed by atoms with Crippen LogP contribution < -0.4 is 10.6 Å². The van der Waals surface area contributed by atoms with Crippen molar-refractivity contribution in [2.75, 3.05) is 11.4 Å². The SMILES string of the molecule is CCCc1nc2c(C)cc(N(CC(N)=O)C3CCCCC3)cc2n1Cc1ccc(-c2ccccc2C(=O)O)cc1. The fourth-order valence-electron chi connectivity index (χ4n) is 6.06. The van der Waals surface area contributed by atoms with Gasteiger partial charge in [0.15, 0.2) is 0 Å². The summed E-state index contributed by atoms with van der Waals surface area (Å²) in [4.78, 5) is 31.1. The van der Waals surface area contributed by atoms with Crippen molar-refractivity contribution in [3.63, 3.8) is 0 Å². The molecule has 3 N–H and O–H groups in total. The maximum Gasteiger partial charge on any atom is 0.336 e. The van der Waals surface area contributed by atoms with E-state index in [9.17, 15) is 14.7 Å². The van der Waals surface area contributed by atoms with Crippen molar-refractivity contribution in [2.45, 2.75) is 71.4 Å². The van der Waals surface area contributed by atoms with Crippen LogP contribution in [0.5, 0.6) is 0 Å². The molecule has 4 aromatic rings. The number of fused-ring (bicyclic) bond motifs is 1. The first kappa shape index (κ1) is 27.4. The molecule has 1 saturated carbocycles. The number of carboxylic acid groups (broad SMARTS) is 1. The van der Waals surface area contributed by atoms with Gasteiger partial charge in [-0.05, 0) is 66.6 Å². The Kier molecular flexibility index (Phi) is 8.19. The molecule has 0 spiro atoms. The highest BCUT2D eigenvalue weighted by molar-refractivity contribution is 5.96. The summed E-state index contributed by atoms with van der Waals surface area (Å²) in [5.74, 6) is -0.205. The van der Waals surface area contributed by atoms with E-state index in [4.69, 9.17) is 10.7 Å². The molecular formula is C33H38N4O3. The van der Waals surface area contributed by atoms with Gasteiger partial charge in [-0.15, -0.1) is 0 Å². The second kappa shape index (κ2) is 11.9. The second-order valence-corrected chi connectivity index (χ2v) is 10.9. The van der Waals surface area contributed by atoms with Gasteiger partial charge >= 0.3 is 5.97 Å². The number of anilines is 1. The summed E-state index contributed by atoms with van der Waals surface area (Å²) in [6.07, 6.45) is 7.58. The first-order valence-electron chi connectivity index (χ1n) is 14.3. The summed E-state index contributed by atoms with van der Waals surface area (Å²) in [5.41, 5.74) is 12.9. The Balaban J connectivity index is 1.53. The number of aryl methyl sites for hydroxylation is 2. The van der Waals surface area contributed by atoms with E-state index in [-0.39, 0.29) is 12.5 Å². The molecule has 0 unspecified atom stereocenters. The number of nitrogens with zero attached hydrogens (tertiary/aromatic N) is 3. The van der Waals surface area contributed by atoms with Crippen LogP contribution in [0.4, 0.5) is 5.69 Å². The summed E-state index contributed by atoms with van der Waals surface area (Å²) in [7, 11) is 0. The van der Waals surface area contributed by atoms with E-state index in [1.807, 2.05) is 24.3 Å².